The van der Waals surface area contributed by atoms with Crippen molar-refractivity contribution in [2.75, 3.05) is 31.1 Å². The summed E-state index contributed by atoms with van der Waals surface area (Å²) in [6.07, 6.45) is 5.40. The predicted octanol–water partition coefficient (Wildman–Crippen LogP) is 3.22. The molecule has 0 saturated carbocycles. The molecule has 5 heteroatoms. The number of rotatable bonds is 3. The fraction of sp³-hybridized carbons (Fsp3) is 0.333. The molecule has 0 radical (unpaired) electrons. The van der Waals surface area contributed by atoms with E-state index in [0.717, 1.165) is 31.7 Å². The van der Waals surface area contributed by atoms with Crippen LogP contribution >= 0.6 is 15.9 Å². The molecule has 1 aliphatic rings. The summed E-state index contributed by atoms with van der Waals surface area (Å²) in [5, 5.41) is 1.17. The van der Waals surface area contributed by atoms with Gasteiger partial charge in [-0.15, -0.1) is 0 Å². The number of halogens is 1. The Labute approximate surface area is 144 Å². The standard InChI is InChI=1S/C18H20BrN3O/c1-14(19)6-7-18(23)22-12-10-21(11-13-22)17-8-9-20-16-5-3-2-4-15(16)17/h2-9,14H,10-13H2,1H3. The van der Waals surface area contributed by atoms with Crippen molar-refractivity contribution in [3.63, 3.8) is 0 Å². The van der Waals surface area contributed by atoms with E-state index in [2.05, 4.69) is 37.9 Å². The highest BCUT2D eigenvalue weighted by Crippen LogP contribution is 2.26. The number of allylic oxidation sites excluding steroid dienone is 1. The number of aromatic nitrogens is 1. The van der Waals surface area contributed by atoms with Gasteiger partial charge in [-0.1, -0.05) is 40.2 Å². The van der Waals surface area contributed by atoms with E-state index in [4.69, 9.17) is 0 Å². The molecular weight excluding hydrogens is 354 g/mol. The molecule has 1 saturated heterocycles. The maximum atomic E-state index is 12.1. The molecular formula is C18H20BrN3O. The van der Waals surface area contributed by atoms with Crippen molar-refractivity contribution >= 4 is 38.4 Å². The second kappa shape index (κ2) is 7.13. The highest BCUT2D eigenvalue weighted by Gasteiger charge is 2.21. The van der Waals surface area contributed by atoms with Crippen LogP contribution in [0, 0.1) is 0 Å². The van der Waals surface area contributed by atoms with Crippen LogP contribution in [0.3, 0.4) is 0 Å². The average Bonchev–Trinajstić information content (AvgIpc) is 2.59. The van der Waals surface area contributed by atoms with E-state index in [1.54, 1.807) is 6.08 Å². The van der Waals surface area contributed by atoms with Gasteiger partial charge in [-0.3, -0.25) is 9.78 Å². The number of carbonyl (C=O) groups excluding carboxylic acids is 1. The number of nitrogens with zero attached hydrogens (tertiary/aromatic N) is 3. The van der Waals surface area contributed by atoms with Crippen LogP contribution in [-0.4, -0.2) is 46.8 Å². The van der Waals surface area contributed by atoms with Crippen molar-refractivity contribution in [3.05, 3.63) is 48.7 Å². The molecule has 4 nitrogen and oxygen atoms in total. The van der Waals surface area contributed by atoms with Crippen molar-refractivity contribution in [1.29, 1.82) is 0 Å². The molecule has 1 aliphatic heterocycles. The van der Waals surface area contributed by atoms with Crippen LogP contribution in [0.15, 0.2) is 48.7 Å². The van der Waals surface area contributed by atoms with Crippen LogP contribution in [-0.2, 0) is 4.79 Å². The van der Waals surface area contributed by atoms with Crippen molar-refractivity contribution < 1.29 is 4.79 Å². The Kier molecular flexibility index (Phi) is 4.96. The molecule has 0 aliphatic carbocycles. The zero-order valence-corrected chi connectivity index (χ0v) is 14.7. The average molecular weight is 374 g/mol. The molecule has 1 atom stereocenters. The zero-order chi connectivity index (χ0) is 16.2. The molecule has 0 spiro atoms. The summed E-state index contributed by atoms with van der Waals surface area (Å²) in [6, 6.07) is 10.2. The lowest BCUT2D eigenvalue weighted by Gasteiger charge is -2.36. The van der Waals surface area contributed by atoms with E-state index in [9.17, 15) is 4.79 Å². The monoisotopic (exact) mass is 373 g/mol. The Bertz CT molecular complexity index is 716. The number of hydrogen-bond donors (Lipinski definition) is 0. The third-order valence-corrected chi connectivity index (χ3v) is 4.37. The summed E-state index contributed by atoms with van der Waals surface area (Å²) in [4.78, 5) is 21.0. The number of para-hydroxylation sites is 1. The minimum Gasteiger partial charge on any atom is -0.367 e. The lowest BCUT2D eigenvalue weighted by Crippen LogP contribution is -2.48. The van der Waals surface area contributed by atoms with Gasteiger partial charge in [0.1, 0.15) is 0 Å². The number of fused-ring (bicyclic) bond motifs is 1. The summed E-state index contributed by atoms with van der Waals surface area (Å²) in [7, 11) is 0. The van der Waals surface area contributed by atoms with Crippen molar-refractivity contribution in [3.8, 4) is 0 Å². The van der Waals surface area contributed by atoms with Crippen LogP contribution in [0.4, 0.5) is 5.69 Å². The van der Waals surface area contributed by atoms with Gasteiger partial charge in [0.2, 0.25) is 5.91 Å². The topological polar surface area (TPSA) is 36.4 Å². The molecule has 120 valence electrons. The van der Waals surface area contributed by atoms with E-state index < -0.39 is 0 Å². The van der Waals surface area contributed by atoms with Crippen LogP contribution in [0.25, 0.3) is 10.9 Å². The van der Waals surface area contributed by atoms with E-state index in [1.165, 1.54) is 11.1 Å². The maximum Gasteiger partial charge on any atom is 0.246 e. The molecule has 1 aromatic carbocycles. The highest BCUT2D eigenvalue weighted by molar-refractivity contribution is 9.09. The molecule has 2 aromatic rings. The summed E-state index contributed by atoms with van der Waals surface area (Å²) < 4.78 is 0. The number of amides is 1. The first-order valence-corrected chi connectivity index (χ1v) is 8.76. The van der Waals surface area contributed by atoms with E-state index in [0.29, 0.717) is 0 Å². The normalized spacial score (nSPS) is 17.0. The lowest BCUT2D eigenvalue weighted by atomic mass is 10.1. The van der Waals surface area contributed by atoms with Crippen LogP contribution in [0.2, 0.25) is 0 Å². The van der Waals surface area contributed by atoms with Gasteiger partial charge >= 0.3 is 0 Å². The van der Waals surface area contributed by atoms with Crippen LogP contribution < -0.4 is 4.90 Å². The number of alkyl halides is 1. The first-order valence-electron chi connectivity index (χ1n) is 7.85. The molecule has 1 amide bonds. The Hall–Kier alpha value is -1.88. The second-order valence-electron chi connectivity index (χ2n) is 5.70. The summed E-state index contributed by atoms with van der Waals surface area (Å²) in [6.45, 7) is 5.18. The van der Waals surface area contributed by atoms with Crippen LogP contribution in [0.1, 0.15) is 6.92 Å². The molecule has 23 heavy (non-hydrogen) atoms. The van der Waals surface area contributed by atoms with Gasteiger partial charge in [0, 0.05) is 54.4 Å². The largest absolute Gasteiger partial charge is 0.367 e. The fourth-order valence-electron chi connectivity index (χ4n) is 2.84. The number of anilines is 1. The lowest BCUT2D eigenvalue weighted by molar-refractivity contribution is -0.126. The summed E-state index contributed by atoms with van der Waals surface area (Å²) >= 11 is 3.42. The maximum absolute atomic E-state index is 12.1. The number of pyridine rings is 1. The third kappa shape index (κ3) is 3.72. The van der Waals surface area contributed by atoms with Crippen LogP contribution in [0.5, 0.6) is 0 Å². The Balaban J connectivity index is 1.70. The molecule has 2 heterocycles. The van der Waals surface area contributed by atoms with Crippen molar-refractivity contribution in [2.24, 2.45) is 0 Å². The molecule has 1 fully saturated rings. The number of piperazine rings is 1. The van der Waals surface area contributed by atoms with E-state index in [1.807, 2.05) is 42.3 Å². The summed E-state index contributed by atoms with van der Waals surface area (Å²) in [5.41, 5.74) is 2.21. The zero-order valence-electron chi connectivity index (χ0n) is 13.2. The van der Waals surface area contributed by atoms with Gasteiger partial charge in [0.25, 0.3) is 0 Å². The first kappa shape index (κ1) is 16.0. The smallest absolute Gasteiger partial charge is 0.246 e. The fourth-order valence-corrected chi connectivity index (χ4v) is 3.00. The van der Waals surface area contributed by atoms with Crippen molar-refractivity contribution in [2.45, 2.75) is 11.8 Å². The number of carbonyl (C=O) groups is 1. The molecule has 3 rings (SSSR count). The van der Waals surface area contributed by atoms with E-state index >= 15 is 0 Å². The van der Waals surface area contributed by atoms with Gasteiger partial charge < -0.3 is 9.80 Å². The van der Waals surface area contributed by atoms with Gasteiger partial charge in [-0.25, -0.2) is 0 Å². The van der Waals surface area contributed by atoms with Gasteiger partial charge in [0.15, 0.2) is 0 Å². The summed E-state index contributed by atoms with van der Waals surface area (Å²) in [5.74, 6) is 0.0931. The van der Waals surface area contributed by atoms with Gasteiger partial charge in [-0.2, -0.15) is 0 Å². The molecule has 0 N–H and O–H groups in total. The Morgan fingerprint density at radius 2 is 1.96 bits per heavy atom. The molecule has 0 bridgehead atoms. The highest BCUT2D eigenvalue weighted by atomic mass is 79.9. The van der Waals surface area contributed by atoms with Gasteiger partial charge in [-0.05, 0) is 19.1 Å². The second-order valence-corrected chi connectivity index (χ2v) is 7.14. The minimum atomic E-state index is 0.0931. The predicted molar refractivity (Wildman–Crippen MR) is 98.1 cm³/mol. The minimum absolute atomic E-state index is 0.0931. The molecule has 1 unspecified atom stereocenters. The Morgan fingerprint density at radius 3 is 2.70 bits per heavy atom. The Morgan fingerprint density at radius 1 is 1.22 bits per heavy atom. The number of hydrogen-bond acceptors (Lipinski definition) is 3. The van der Waals surface area contributed by atoms with Crippen molar-refractivity contribution in [1.82, 2.24) is 9.88 Å². The SMILES string of the molecule is CC(Br)C=CC(=O)N1CCN(c2ccnc3ccccc23)CC1. The molecule has 1 aromatic heterocycles. The number of benzene rings is 1. The quantitative estimate of drug-likeness (QED) is 0.612. The first-order chi connectivity index (χ1) is 11.1. The van der Waals surface area contributed by atoms with Gasteiger partial charge in [0.05, 0.1) is 5.52 Å². The van der Waals surface area contributed by atoms with E-state index in [-0.39, 0.29) is 10.7 Å². The third-order valence-electron chi connectivity index (χ3n) is 4.06.